The maximum Gasteiger partial charge on any atom is 0.119 e. The standard InChI is InChI=1S/C18H30N2O/c1-5-10-19-17(13-20-11-9-18(2,3)14-20)15-7-6-8-16(12-15)21-4/h6-8,12,17,19H,5,9-11,13-14H2,1-4H3. The number of hydrogen-bond acceptors (Lipinski definition) is 3. The van der Waals surface area contributed by atoms with Gasteiger partial charge in [0.25, 0.3) is 0 Å². The minimum Gasteiger partial charge on any atom is -0.497 e. The van der Waals surface area contributed by atoms with E-state index in [1.165, 1.54) is 25.1 Å². The average molecular weight is 290 g/mol. The highest BCUT2D eigenvalue weighted by atomic mass is 16.5. The van der Waals surface area contributed by atoms with Crippen molar-refractivity contribution in [3.05, 3.63) is 29.8 Å². The maximum atomic E-state index is 5.37. The molecule has 0 aromatic heterocycles. The lowest BCUT2D eigenvalue weighted by Crippen LogP contribution is -2.35. The number of nitrogens with one attached hydrogen (secondary N) is 1. The predicted molar refractivity (Wildman–Crippen MR) is 88.9 cm³/mol. The molecular weight excluding hydrogens is 260 g/mol. The molecule has 1 aliphatic heterocycles. The number of ether oxygens (including phenoxy) is 1. The minimum atomic E-state index is 0.383. The molecule has 1 N–H and O–H groups in total. The van der Waals surface area contributed by atoms with Crippen molar-refractivity contribution in [2.24, 2.45) is 5.41 Å². The number of rotatable bonds is 7. The lowest BCUT2D eigenvalue weighted by atomic mass is 9.93. The van der Waals surface area contributed by atoms with Gasteiger partial charge in [0, 0.05) is 19.1 Å². The van der Waals surface area contributed by atoms with E-state index in [0.29, 0.717) is 11.5 Å². The molecule has 3 nitrogen and oxygen atoms in total. The summed E-state index contributed by atoms with van der Waals surface area (Å²) in [6, 6.07) is 8.85. The van der Waals surface area contributed by atoms with Crippen LogP contribution in [0.5, 0.6) is 5.75 Å². The summed E-state index contributed by atoms with van der Waals surface area (Å²) in [5.41, 5.74) is 1.79. The summed E-state index contributed by atoms with van der Waals surface area (Å²) in [5.74, 6) is 0.942. The number of benzene rings is 1. The van der Waals surface area contributed by atoms with Gasteiger partial charge in [-0.25, -0.2) is 0 Å². The average Bonchev–Trinajstić information content (AvgIpc) is 2.82. The van der Waals surface area contributed by atoms with Gasteiger partial charge in [-0.3, -0.25) is 0 Å². The second-order valence-electron chi connectivity index (χ2n) is 6.93. The summed E-state index contributed by atoms with van der Waals surface area (Å²) in [7, 11) is 1.73. The van der Waals surface area contributed by atoms with Gasteiger partial charge in [0.2, 0.25) is 0 Å². The Balaban J connectivity index is 2.06. The van der Waals surface area contributed by atoms with E-state index < -0.39 is 0 Å². The quantitative estimate of drug-likeness (QED) is 0.832. The number of likely N-dealkylation sites (tertiary alicyclic amines) is 1. The summed E-state index contributed by atoms with van der Waals surface area (Å²) in [4.78, 5) is 2.59. The van der Waals surface area contributed by atoms with Crippen molar-refractivity contribution < 1.29 is 4.74 Å². The molecule has 1 atom stereocenters. The van der Waals surface area contributed by atoms with Crippen molar-refractivity contribution in [3.8, 4) is 5.75 Å². The highest BCUT2D eigenvalue weighted by Gasteiger charge is 2.30. The van der Waals surface area contributed by atoms with Crippen molar-refractivity contribution in [2.45, 2.75) is 39.7 Å². The predicted octanol–water partition coefficient (Wildman–Crippen LogP) is 3.47. The van der Waals surface area contributed by atoms with Crippen LogP contribution in [0, 0.1) is 5.41 Å². The molecule has 1 heterocycles. The molecule has 3 heteroatoms. The lowest BCUT2D eigenvalue weighted by Gasteiger charge is -2.26. The zero-order valence-electron chi connectivity index (χ0n) is 14.0. The monoisotopic (exact) mass is 290 g/mol. The Labute approximate surface area is 129 Å². The molecule has 1 unspecified atom stereocenters. The third-order valence-corrected chi connectivity index (χ3v) is 4.33. The van der Waals surface area contributed by atoms with Crippen LogP contribution in [0.4, 0.5) is 0 Å². The molecule has 21 heavy (non-hydrogen) atoms. The van der Waals surface area contributed by atoms with E-state index in [1.807, 2.05) is 6.07 Å². The second kappa shape index (κ2) is 7.28. The number of nitrogens with zero attached hydrogens (tertiary/aromatic N) is 1. The van der Waals surface area contributed by atoms with E-state index in [-0.39, 0.29) is 0 Å². The van der Waals surface area contributed by atoms with Gasteiger partial charge in [-0.05, 0) is 49.0 Å². The van der Waals surface area contributed by atoms with Gasteiger partial charge >= 0.3 is 0 Å². The van der Waals surface area contributed by atoms with Crippen LogP contribution in [0.15, 0.2) is 24.3 Å². The molecule has 1 fully saturated rings. The van der Waals surface area contributed by atoms with Crippen LogP contribution in [-0.4, -0.2) is 38.2 Å². The van der Waals surface area contributed by atoms with E-state index in [9.17, 15) is 0 Å². The van der Waals surface area contributed by atoms with Crippen molar-refractivity contribution in [2.75, 3.05) is 33.3 Å². The summed E-state index contributed by atoms with van der Waals surface area (Å²) in [6.45, 7) is 11.5. The lowest BCUT2D eigenvalue weighted by molar-refractivity contribution is 0.260. The first kappa shape index (κ1) is 16.3. The Hall–Kier alpha value is -1.06. The first-order valence-electron chi connectivity index (χ1n) is 8.14. The summed E-state index contributed by atoms with van der Waals surface area (Å²) in [5, 5.41) is 3.69. The summed E-state index contributed by atoms with van der Waals surface area (Å²) in [6.07, 6.45) is 2.46. The zero-order chi connectivity index (χ0) is 15.3. The van der Waals surface area contributed by atoms with Gasteiger partial charge in [-0.15, -0.1) is 0 Å². The maximum absolute atomic E-state index is 5.37. The van der Waals surface area contributed by atoms with Gasteiger partial charge in [-0.1, -0.05) is 32.9 Å². The van der Waals surface area contributed by atoms with Crippen molar-refractivity contribution in [1.29, 1.82) is 0 Å². The Bertz CT molecular complexity index is 445. The van der Waals surface area contributed by atoms with E-state index in [0.717, 1.165) is 25.3 Å². The fraction of sp³-hybridized carbons (Fsp3) is 0.667. The topological polar surface area (TPSA) is 24.5 Å². The molecular formula is C18H30N2O. The fourth-order valence-corrected chi connectivity index (χ4v) is 3.10. The Kier molecular flexibility index (Phi) is 5.65. The molecule has 1 aliphatic rings. The highest BCUT2D eigenvalue weighted by molar-refractivity contribution is 5.30. The molecule has 118 valence electrons. The normalized spacial score (nSPS) is 19.6. The van der Waals surface area contributed by atoms with Gasteiger partial charge in [0.15, 0.2) is 0 Å². The van der Waals surface area contributed by atoms with E-state index >= 15 is 0 Å². The molecule has 1 aromatic rings. The van der Waals surface area contributed by atoms with Crippen LogP contribution in [0.25, 0.3) is 0 Å². The summed E-state index contributed by atoms with van der Waals surface area (Å²) < 4.78 is 5.37. The van der Waals surface area contributed by atoms with Crippen LogP contribution in [-0.2, 0) is 0 Å². The van der Waals surface area contributed by atoms with Crippen LogP contribution in [0.2, 0.25) is 0 Å². The van der Waals surface area contributed by atoms with Gasteiger partial charge < -0.3 is 15.0 Å². The van der Waals surface area contributed by atoms with E-state index in [2.05, 4.69) is 49.2 Å². The van der Waals surface area contributed by atoms with Gasteiger partial charge in [0.1, 0.15) is 5.75 Å². The molecule has 2 rings (SSSR count). The second-order valence-corrected chi connectivity index (χ2v) is 6.93. The Morgan fingerprint density at radius 2 is 2.19 bits per heavy atom. The van der Waals surface area contributed by atoms with Crippen LogP contribution in [0.3, 0.4) is 0 Å². The molecule has 0 saturated carbocycles. The fourth-order valence-electron chi connectivity index (χ4n) is 3.10. The highest BCUT2D eigenvalue weighted by Crippen LogP contribution is 2.30. The smallest absolute Gasteiger partial charge is 0.119 e. The Morgan fingerprint density at radius 3 is 2.81 bits per heavy atom. The first-order chi connectivity index (χ1) is 10.0. The summed E-state index contributed by atoms with van der Waals surface area (Å²) >= 11 is 0. The minimum absolute atomic E-state index is 0.383. The van der Waals surface area contributed by atoms with Crippen molar-refractivity contribution in [3.63, 3.8) is 0 Å². The van der Waals surface area contributed by atoms with Crippen LogP contribution in [0.1, 0.15) is 45.2 Å². The van der Waals surface area contributed by atoms with Gasteiger partial charge in [0.05, 0.1) is 7.11 Å². The third-order valence-electron chi connectivity index (χ3n) is 4.33. The first-order valence-corrected chi connectivity index (χ1v) is 8.14. The largest absolute Gasteiger partial charge is 0.497 e. The van der Waals surface area contributed by atoms with Crippen LogP contribution < -0.4 is 10.1 Å². The van der Waals surface area contributed by atoms with Crippen molar-refractivity contribution in [1.82, 2.24) is 10.2 Å². The molecule has 0 bridgehead atoms. The van der Waals surface area contributed by atoms with Gasteiger partial charge in [-0.2, -0.15) is 0 Å². The molecule has 0 radical (unpaired) electrons. The molecule has 0 aliphatic carbocycles. The molecule has 1 saturated heterocycles. The van der Waals surface area contributed by atoms with E-state index in [4.69, 9.17) is 4.74 Å². The van der Waals surface area contributed by atoms with E-state index in [1.54, 1.807) is 7.11 Å². The molecule has 0 spiro atoms. The third kappa shape index (κ3) is 4.72. The molecule has 0 amide bonds. The number of methoxy groups -OCH3 is 1. The Morgan fingerprint density at radius 1 is 1.38 bits per heavy atom. The zero-order valence-corrected chi connectivity index (χ0v) is 14.0. The SMILES string of the molecule is CCCNC(CN1CCC(C)(C)C1)c1cccc(OC)c1. The molecule has 1 aromatic carbocycles. The number of hydrogen-bond donors (Lipinski definition) is 1. The van der Waals surface area contributed by atoms with Crippen LogP contribution >= 0.6 is 0 Å². The van der Waals surface area contributed by atoms with Crippen molar-refractivity contribution >= 4 is 0 Å².